The zero-order valence-electron chi connectivity index (χ0n) is 17.3. The molecule has 0 radical (unpaired) electrons. The topological polar surface area (TPSA) is 86.0 Å². The monoisotopic (exact) mass is 441 g/mol. The second kappa shape index (κ2) is 8.47. The lowest BCUT2D eigenvalue weighted by Gasteiger charge is -2.29. The highest BCUT2D eigenvalue weighted by Crippen LogP contribution is 2.33. The van der Waals surface area contributed by atoms with Crippen LogP contribution in [0.15, 0.2) is 63.9 Å². The molecule has 31 heavy (non-hydrogen) atoms. The minimum atomic E-state index is -3.55. The van der Waals surface area contributed by atoms with Crippen LogP contribution in [0.2, 0.25) is 0 Å². The molecule has 3 aromatic rings. The van der Waals surface area contributed by atoms with Gasteiger partial charge in [-0.2, -0.15) is 0 Å². The van der Waals surface area contributed by atoms with E-state index in [1.54, 1.807) is 55.5 Å². The van der Waals surface area contributed by atoms with Crippen LogP contribution in [0, 0.1) is 0 Å². The molecule has 1 amide bonds. The molecule has 1 aliphatic heterocycles. The van der Waals surface area contributed by atoms with E-state index in [-0.39, 0.29) is 28.1 Å². The molecule has 1 aliphatic rings. The Morgan fingerprint density at radius 2 is 1.68 bits per heavy atom. The number of hydrogen-bond acceptors (Lipinski definition) is 6. The molecule has 7 nitrogen and oxygen atoms in total. The summed E-state index contributed by atoms with van der Waals surface area (Å²) in [7, 11) is -0.383. The molecule has 4 rings (SSSR count). The number of nitrogens with zero attached hydrogens (tertiary/aromatic N) is 1. The first-order valence-corrected chi connectivity index (χ1v) is 11.5. The lowest BCUT2D eigenvalue weighted by Crippen LogP contribution is -2.35. The smallest absolute Gasteiger partial charge is 0.289 e. The van der Waals surface area contributed by atoms with Crippen LogP contribution >= 0.6 is 0 Å². The first kappa shape index (κ1) is 21.0. The van der Waals surface area contributed by atoms with Crippen molar-refractivity contribution in [3.05, 3.63) is 77.2 Å². The van der Waals surface area contributed by atoms with E-state index in [2.05, 4.69) is 0 Å². The van der Waals surface area contributed by atoms with Crippen molar-refractivity contribution in [1.29, 1.82) is 0 Å². The summed E-state index contributed by atoms with van der Waals surface area (Å²) in [4.78, 5) is 14.9. The standard InChI is InChI=1S/C23H23NO6S/c1-28-21-12-16-10-11-24(14-17(16)13-22(21)29-2)23(25)20-9-8-18(30-20)15-31(26,27)19-6-4-3-5-7-19/h3-9,12-13H,10-11,14-15H2,1-2H3. The van der Waals surface area contributed by atoms with Crippen molar-refractivity contribution >= 4 is 15.7 Å². The van der Waals surface area contributed by atoms with Crippen LogP contribution in [0.3, 0.4) is 0 Å². The molecule has 0 bridgehead atoms. The molecule has 0 spiro atoms. The zero-order chi connectivity index (χ0) is 22.0. The van der Waals surface area contributed by atoms with Crippen molar-refractivity contribution < 1.29 is 27.1 Å². The molecular weight excluding hydrogens is 418 g/mol. The number of benzene rings is 2. The van der Waals surface area contributed by atoms with Gasteiger partial charge in [0.2, 0.25) is 0 Å². The normalized spacial score (nSPS) is 13.5. The van der Waals surface area contributed by atoms with Gasteiger partial charge in [0.15, 0.2) is 27.1 Å². The molecule has 0 saturated carbocycles. The number of fused-ring (bicyclic) bond motifs is 1. The number of furan rings is 1. The Bertz CT molecular complexity index is 1200. The maximum Gasteiger partial charge on any atom is 0.289 e. The summed E-state index contributed by atoms with van der Waals surface area (Å²) >= 11 is 0. The molecule has 0 aliphatic carbocycles. The van der Waals surface area contributed by atoms with Gasteiger partial charge in [0, 0.05) is 13.1 Å². The van der Waals surface area contributed by atoms with Gasteiger partial charge in [-0.3, -0.25) is 4.79 Å². The number of carbonyl (C=O) groups excluding carboxylic acids is 1. The Kier molecular flexibility index (Phi) is 5.73. The number of amides is 1. The van der Waals surface area contributed by atoms with Gasteiger partial charge in [0.05, 0.1) is 19.1 Å². The number of rotatable bonds is 6. The molecule has 2 heterocycles. The van der Waals surface area contributed by atoms with Gasteiger partial charge >= 0.3 is 0 Å². The van der Waals surface area contributed by atoms with Crippen LogP contribution in [-0.2, 0) is 28.6 Å². The Morgan fingerprint density at radius 3 is 2.35 bits per heavy atom. The number of hydrogen-bond donors (Lipinski definition) is 0. The van der Waals surface area contributed by atoms with Crippen LogP contribution < -0.4 is 9.47 Å². The number of carbonyl (C=O) groups is 1. The maximum absolute atomic E-state index is 13.0. The third kappa shape index (κ3) is 4.29. The van der Waals surface area contributed by atoms with E-state index in [0.29, 0.717) is 31.0 Å². The fourth-order valence-electron chi connectivity index (χ4n) is 3.68. The second-order valence-corrected chi connectivity index (χ2v) is 9.28. The lowest BCUT2D eigenvalue weighted by atomic mass is 9.98. The predicted molar refractivity (Wildman–Crippen MR) is 114 cm³/mol. The molecule has 162 valence electrons. The molecule has 8 heteroatoms. The summed E-state index contributed by atoms with van der Waals surface area (Å²) in [5.41, 5.74) is 2.09. The van der Waals surface area contributed by atoms with Crippen molar-refractivity contribution in [2.75, 3.05) is 20.8 Å². The third-order valence-corrected chi connectivity index (χ3v) is 6.97. The summed E-state index contributed by atoms with van der Waals surface area (Å²) in [6.07, 6.45) is 0.678. The van der Waals surface area contributed by atoms with Gasteiger partial charge in [-0.05, 0) is 53.9 Å². The fraction of sp³-hybridized carbons (Fsp3) is 0.261. The van der Waals surface area contributed by atoms with Crippen LogP contribution in [0.25, 0.3) is 0 Å². The van der Waals surface area contributed by atoms with Crippen LogP contribution in [0.5, 0.6) is 11.5 Å². The molecule has 0 fully saturated rings. The Labute approximate surface area is 181 Å². The summed E-state index contributed by atoms with van der Waals surface area (Å²) in [6.45, 7) is 0.937. The molecule has 0 N–H and O–H groups in total. The third-order valence-electron chi connectivity index (χ3n) is 5.31. The first-order chi connectivity index (χ1) is 14.9. The Morgan fingerprint density at radius 1 is 1.00 bits per heavy atom. The second-order valence-electron chi connectivity index (χ2n) is 7.29. The maximum atomic E-state index is 13.0. The number of ether oxygens (including phenoxy) is 2. The Hall–Kier alpha value is -3.26. The van der Waals surface area contributed by atoms with E-state index < -0.39 is 9.84 Å². The molecule has 0 saturated heterocycles. The SMILES string of the molecule is COc1cc2c(cc1OC)CN(C(=O)c1ccc(CS(=O)(=O)c3ccccc3)o1)CC2. The van der Waals surface area contributed by atoms with Gasteiger partial charge < -0.3 is 18.8 Å². The van der Waals surface area contributed by atoms with E-state index in [1.165, 1.54) is 6.07 Å². The Balaban J connectivity index is 1.50. The highest BCUT2D eigenvalue weighted by Gasteiger charge is 2.26. The van der Waals surface area contributed by atoms with Crippen molar-refractivity contribution in [3.8, 4) is 11.5 Å². The van der Waals surface area contributed by atoms with Crippen molar-refractivity contribution in [2.45, 2.75) is 23.6 Å². The summed E-state index contributed by atoms with van der Waals surface area (Å²) in [5.74, 6) is 1.06. The highest BCUT2D eigenvalue weighted by atomic mass is 32.2. The van der Waals surface area contributed by atoms with Crippen LogP contribution in [-0.4, -0.2) is 40.0 Å². The van der Waals surface area contributed by atoms with Gasteiger partial charge in [-0.1, -0.05) is 18.2 Å². The summed E-state index contributed by atoms with van der Waals surface area (Å²) in [5, 5.41) is 0. The molecule has 1 aromatic heterocycles. The molecule has 0 unspecified atom stereocenters. The highest BCUT2D eigenvalue weighted by molar-refractivity contribution is 7.90. The first-order valence-electron chi connectivity index (χ1n) is 9.81. The lowest BCUT2D eigenvalue weighted by molar-refractivity contribution is 0.0700. The van der Waals surface area contributed by atoms with Gasteiger partial charge in [0.1, 0.15) is 11.5 Å². The molecule has 0 atom stereocenters. The van der Waals surface area contributed by atoms with Crippen molar-refractivity contribution in [2.24, 2.45) is 0 Å². The van der Waals surface area contributed by atoms with E-state index in [4.69, 9.17) is 13.9 Å². The minimum absolute atomic E-state index is 0.127. The number of sulfone groups is 1. The van der Waals surface area contributed by atoms with E-state index in [0.717, 1.165) is 11.1 Å². The van der Waals surface area contributed by atoms with E-state index in [9.17, 15) is 13.2 Å². The number of methoxy groups -OCH3 is 2. The van der Waals surface area contributed by atoms with Crippen LogP contribution in [0.4, 0.5) is 0 Å². The largest absolute Gasteiger partial charge is 0.493 e. The van der Waals surface area contributed by atoms with Crippen molar-refractivity contribution in [3.63, 3.8) is 0 Å². The quantitative estimate of drug-likeness (QED) is 0.582. The van der Waals surface area contributed by atoms with Gasteiger partial charge in [-0.25, -0.2) is 8.42 Å². The fourth-order valence-corrected chi connectivity index (χ4v) is 4.95. The van der Waals surface area contributed by atoms with E-state index in [1.807, 2.05) is 12.1 Å². The van der Waals surface area contributed by atoms with Gasteiger partial charge in [-0.15, -0.1) is 0 Å². The zero-order valence-corrected chi connectivity index (χ0v) is 18.1. The van der Waals surface area contributed by atoms with E-state index >= 15 is 0 Å². The van der Waals surface area contributed by atoms with Crippen LogP contribution in [0.1, 0.15) is 27.4 Å². The molecule has 2 aromatic carbocycles. The average molecular weight is 442 g/mol. The van der Waals surface area contributed by atoms with Gasteiger partial charge in [0.25, 0.3) is 5.91 Å². The van der Waals surface area contributed by atoms with Crippen molar-refractivity contribution in [1.82, 2.24) is 4.90 Å². The predicted octanol–water partition coefficient (Wildman–Crippen LogP) is 3.47. The summed E-state index contributed by atoms with van der Waals surface area (Å²) < 4.78 is 41.4. The average Bonchev–Trinajstić information content (AvgIpc) is 3.25. The summed E-state index contributed by atoms with van der Waals surface area (Å²) in [6, 6.07) is 15.1. The molecular formula is C23H23NO6S. The minimum Gasteiger partial charge on any atom is -0.493 e.